The van der Waals surface area contributed by atoms with E-state index in [-0.39, 0.29) is 12.0 Å². The van der Waals surface area contributed by atoms with Crippen LogP contribution in [0.4, 0.5) is 0 Å². The number of hydrogen-bond acceptors (Lipinski definition) is 5. The summed E-state index contributed by atoms with van der Waals surface area (Å²) in [7, 11) is 1.80. The number of carbonyl (C=O) groups is 1. The molecule has 7 nitrogen and oxygen atoms in total. The molecule has 2 aliphatic heterocycles. The van der Waals surface area contributed by atoms with Crippen molar-refractivity contribution in [2.75, 3.05) is 39.9 Å². The normalized spacial score (nSPS) is 23.2. The van der Waals surface area contributed by atoms with Gasteiger partial charge < -0.3 is 14.4 Å². The summed E-state index contributed by atoms with van der Waals surface area (Å²) in [4.78, 5) is 17.6. The number of amides is 1. The van der Waals surface area contributed by atoms with Crippen LogP contribution in [-0.2, 0) is 11.3 Å². The Hall–Kier alpha value is -2.38. The molecule has 33 heavy (non-hydrogen) atoms. The van der Waals surface area contributed by atoms with Crippen LogP contribution in [0.15, 0.2) is 36.5 Å². The molecule has 0 radical (unpaired) electrons. The molecular formula is C26H38N4O3. The zero-order valence-electron chi connectivity index (χ0n) is 20.3. The second-order valence-corrected chi connectivity index (χ2v) is 9.58. The molecule has 1 amide bonds. The topological polar surface area (TPSA) is 59.8 Å². The Morgan fingerprint density at radius 1 is 1.15 bits per heavy atom. The first-order chi connectivity index (χ1) is 16.0. The fraction of sp³-hybridized carbons (Fsp3) is 0.615. The summed E-state index contributed by atoms with van der Waals surface area (Å²) in [5.41, 5.74) is 1.94. The number of piperidine rings is 1. The van der Waals surface area contributed by atoms with Gasteiger partial charge in [0.25, 0.3) is 5.91 Å². The highest BCUT2D eigenvalue weighted by molar-refractivity contribution is 5.94. The van der Waals surface area contributed by atoms with E-state index in [1.54, 1.807) is 7.11 Å². The minimum atomic E-state index is 0.0958. The highest BCUT2D eigenvalue weighted by Crippen LogP contribution is 2.27. The lowest BCUT2D eigenvalue weighted by Crippen LogP contribution is -2.46. The third-order valence-electron chi connectivity index (χ3n) is 6.94. The van der Waals surface area contributed by atoms with Crippen LogP contribution >= 0.6 is 0 Å². The molecule has 0 aliphatic carbocycles. The lowest BCUT2D eigenvalue weighted by molar-refractivity contribution is -0.00677. The van der Waals surface area contributed by atoms with Crippen LogP contribution in [0.25, 0.3) is 0 Å². The van der Waals surface area contributed by atoms with Crippen LogP contribution in [0.3, 0.4) is 0 Å². The van der Waals surface area contributed by atoms with Crippen molar-refractivity contribution in [3.63, 3.8) is 0 Å². The van der Waals surface area contributed by atoms with Gasteiger partial charge in [-0.3, -0.25) is 14.4 Å². The van der Waals surface area contributed by atoms with Gasteiger partial charge in [-0.2, -0.15) is 5.10 Å². The fourth-order valence-electron chi connectivity index (χ4n) is 5.15. The molecule has 4 bridgehead atoms. The molecule has 0 N–H and O–H groups in total. The van der Waals surface area contributed by atoms with Crippen LogP contribution in [-0.4, -0.2) is 71.5 Å². The molecule has 3 heterocycles. The van der Waals surface area contributed by atoms with Gasteiger partial charge in [0.1, 0.15) is 12.4 Å². The predicted octanol–water partition coefficient (Wildman–Crippen LogP) is 4.01. The van der Waals surface area contributed by atoms with Crippen LogP contribution in [0.2, 0.25) is 0 Å². The largest absolute Gasteiger partial charge is 0.492 e. The first-order valence-electron chi connectivity index (χ1n) is 12.3. The molecule has 4 rings (SSSR count). The number of benzene rings is 1. The molecule has 1 aromatic heterocycles. The lowest BCUT2D eigenvalue weighted by Gasteiger charge is -2.38. The van der Waals surface area contributed by atoms with E-state index in [2.05, 4.69) is 34.6 Å². The van der Waals surface area contributed by atoms with Crippen molar-refractivity contribution in [1.29, 1.82) is 0 Å². The van der Waals surface area contributed by atoms with Crippen molar-refractivity contribution in [2.24, 2.45) is 5.92 Å². The zero-order chi connectivity index (χ0) is 23.2. The molecule has 1 saturated heterocycles. The van der Waals surface area contributed by atoms with Crippen LogP contribution in [0.5, 0.6) is 5.75 Å². The Balaban J connectivity index is 1.51. The van der Waals surface area contributed by atoms with Gasteiger partial charge in [-0.15, -0.1) is 0 Å². The number of methoxy groups -OCH3 is 1. The van der Waals surface area contributed by atoms with E-state index in [0.29, 0.717) is 24.1 Å². The Morgan fingerprint density at radius 3 is 2.85 bits per heavy atom. The van der Waals surface area contributed by atoms with E-state index < -0.39 is 0 Å². The van der Waals surface area contributed by atoms with Crippen molar-refractivity contribution in [3.05, 3.63) is 47.8 Å². The molecule has 2 atom stereocenters. The third kappa shape index (κ3) is 5.95. The highest BCUT2D eigenvalue weighted by Gasteiger charge is 2.31. The van der Waals surface area contributed by atoms with Gasteiger partial charge in [0, 0.05) is 57.0 Å². The second kappa shape index (κ2) is 11.2. The average Bonchev–Trinajstić information content (AvgIpc) is 3.29. The summed E-state index contributed by atoms with van der Waals surface area (Å²) in [6.07, 6.45) is 6.34. The Labute approximate surface area is 197 Å². The summed E-state index contributed by atoms with van der Waals surface area (Å²) in [5, 5.41) is 4.50. The summed E-state index contributed by atoms with van der Waals surface area (Å²) in [6, 6.07) is 10.1. The Bertz CT molecular complexity index is 912. The number of ether oxygens (including phenoxy) is 2. The molecule has 0 spiro atoms. The first kappa shape index (κ1) is 23.8. The zero-order valence-corrected chi connectivity index (χ0v) is 20.3. The van der Waals surface area contributed by atoms with Gasteiger partial charge in [0.15, 0.2) is 0 Å². The Kier molecular flexibility index (Phi) is 8.04. The van der Waals surface area contributed by atoms with Gasteiger partial charge in [0.2, 0.25) is 0 Å². The van der Waals surface area contributed by atoms with E-state index in [1.807, 2.05) is 35.4 Å². The van der Waals surface area contributed by atoms with Crippen LogP contribution in [0.1, 0.15) is 61.6 Å². The summed E-state index contributed by atoms with van der Waals surface area (Å²) in [6.45, 7) is 9.13. The van der Waals surface area contributed by atoms with Crippen molar-refractivity contribution in [3.8, 4) is 5.75 Å². The molecule has 0 unspecified atom stereocenters. The van der Waals surface area contributed by atoms with Gasteiger partial charge >= 0.3 is 0 Å². The average molecular weight is 455 g/mol. The first-order valence-corrected chi connectivity index (χ1v) is 12.3. The number of rotatable bonds is 4. The number of nitrogens with zero attached hydrogens (tertiary/aromatic N) is 4. The summed E-state index contributed by atoms with van der Waals surface area (Å²) >= 11 is 0. The molecule has 2 aromatic rings. The lowest BCUT2D eigenvalue weighted by atomic mass is 9.89. The highest BCUT2D eigenvalue weighted by atomic mass is 16.5. The maximum atomic E-state index is 13.2. The van der Waals surface area contributed by atoms with E-state index in [1.165, 1.54) is 5.69 Å². The Morgan fingerprint density at radius 2 is 2.03 bits per heavy atom. The van der Waals surface area contributed by atoms with Crippen molar-refractivity contribution in [1.82, 2.24) is 19.6 Å². The minimum absolute atomic E-state index is 0.0958. The smallest absolute Gasteiger partial charge is 0.254 e. The molecule has 180 valence electrons. The van der Waals surface area contributed by atoms with Gasteiger partial charge in [-0.1, -0.05) is 12.5 Å². The fourth-order valence-corrected chi connectivity index (χ4v) is 5.15. The molecule has 7 heteroatoms. The second-order valence-electron chi connectivity index (χ2n) is 9.58. The van der Waals surface area contributed by atoms with Gasteiger partial charge in [0.05, 0.1) is 11.8 Å². The maximum Gasteiger partial charge on any atom is 0.254 e. The van der Waals surface area contributed by atoms with Crippen molar-refractivity contribution in [2.45, 2.75) is 58.2 Å². The number of hydrogen-bond donors (Lipinski definition) is 0. The molecular weight excluding hydrogens is 416 g/mol. The van der Waals surface area contributed by atoms with Crippen molar-refractivity contribution >= 4 is 5.91 Å². The van der Waals surface area contributed by atoms with Crippen LogP contribution < -0.4 is 4.74 Å². The molecule has 1 fully saturated rings. The molecule has 2 aliphatic rings. The third-order valence-corrected chi connectivity index (χ3v) is 6.94. The minimum Gasteiger partial charge on any atom is -0.492 e. The van der Waals surface area contributed by atoms with Crippen molar-refractivity contribution < 1.29 is 14.3 Å². The van der Waals surface area contributed by atoms with E-state index in [4.69, 9.17) is 9.47 Å². The van der Waals surface area contributed by atoms with E-state index in [9.17, 15) is 4.79 Å². The summed E-state index contributed by atoms with van der Waals surface area (Å²) < 4.78 is 14.0. The monoisotopic (exact) mass is 454 g/mol. The number of fused-ring (bicyclic) bond motifs is 4. The maximum absolute atomic E-state index is 13.2. The standard InChI is InChI=1S/C26H38N4O3/c1-20(2)30-23(10-12-27-30)19-28-13-5-4-7-22-18-29(14-11-25(22)32-3)26(31)21-8-6-9-24(17-21)33-16-15-28/h6,8-10,12,17,20,22,25H,4-5,7,11,13-16,18-19H2,1-3H3/t22-,25+/m1/s1. The number of aromatic nitrogens is 2. The SMILES string of the molecule is CO[C@H]1CCN2C[C@H]1CCCCN(Cc1ccnn1C(C)C)CCOc1cccc(c1)C2=O. The quantitative estimate of drug-likeness (QED) is 0.699. The molecule has 1 aromatic carbocycles. The van der Waals surface area contributed by atoms with Crippen LogP contribution in [0, 0.1) is 5.92 Å². The molecule has 0 saturated carbocycles. The number of carbonyl (C=O) groups excluding carboxylic acids is 1. The van der Waals surface area contributed by atoms with E-state index >= 15 is 0 Å². The van der Waals surface area contributed by atoms with E-state index in [0.717, 1.165) is 64.2 Å². The summed E-state index contributed by atoms with van der Waals surface area (Å²) in [5.74, 6) is 1.23. The van der Waals surface area contributed by atoms with Gasteiger partial charge in [-0.05, 0) is 63.9 Å². The van der Waals surface area contributed by atoms with Gasteiger partial charge in [-0.25, -0.2) is 0 Å². The predicted molar refractivity (Wildman–Crippen MR) is 128 cm³/mol.